The van der Waals surface area contributed by atoms with Crippen molar-refractivity contribution in [1.29, 1.82) is 0 Å². The van der Waals surface area contributed by atoms with E-state index in [1.807, 2.05) is 42.5 Å². The third-order valence-corrected chi connectivity index (χ3v) is 5.48. The predicted molar refractivity (Wildman–Crippen MR) is 121 cm³/mol. The highest BCUT2D eigenvalue weighted by atomic mass is 35.5. The molecule has 0 radical (unpaired) electrons. The lowest BCUT2D eigenvalue weighted by Gasteiger charge is -2.33. The molecule has 4 rings (SSSR count). The number of piperidine rings is 1. The highest BCUT2D eigenvalue weighted by Gasteiger charge is 2.23. The number of nitrogens with one attached hydrogen (secondary N) is 1. The lowest BCUT2D eigenvalue weighted by atomic mass is 10.0. The molecule has 1 amide bonds. The quantitative estimate of drug-likeness (QED) is 0.634. The summed E-state index contributed by atoms with van der Waals surface area (Å²) in [5.74, 6) is 1.42. The standard InChI is InChI=1S/C23H24ClN5O2/c1-31-15-22(30)26-19-8-11-29(12-9-19)21-13-20(16-4-6-18(24)7-5-16)27-23(28-21)17-3-2-10-25-14-17/h2-7,10,13-14,19H,8-9,11-12,15H2,1H3,(H,26,30). The van der Waals surface area contributed by atoms with Gasteiger partial charge in [-0.05, 0) is 37.1 Å². The molecular formula is C23H24ClN5O2. The highest BCUT2D eigenvalue weighted by molar-refractivity contribution is 6.30. The van der Waals surface area contributed by atoms with Crippen molar-refractivity contribution >= 4 is 23.3 Å². The fourth-order valence-corrected chi connectivity index (χ4v) is 3.77. The first kappa shape index (κ1) is 21.2. The number of nitrogens with zero attached hydrogens (tertiary/aromatic N) is 4. The summed E-state index contributed by atoms with van der Waals surface area (Å²) < 4.78 is 4.90. The van der Waals surface area contributed by atoms with Crippen LogP contribution in [0.5, 0.6) is 0 Å². The van der Waals surface area contributed by atoms with Crippen molar-refractivity contribution in [2.45, 2.75) is 18.9 Å². The number of pyridine rings is 1. The van der Waals surface area contributed by atoms with Gasteiger partial charge in [0.15, 0.2) is 5.82 Å². The van der Waals surface area contributed by atoms with Gasteiger partial charge in [0.25, 0.3) is 0 Å². The fraction of sp³-hybridized carbons (Fsp3) is 0.304. The van der Waals surface area contributed by atoms with Crippen LogP contribution in [0.25, 0.3) is 22.6 Å². The van der Waals surface area contributed by atoms with Gasteiger partial charge in [-0.3, -0.25) is 9.78 Å². The van der Waals surface area contributed by atoms with E-state index >= 15 is 0 Å². The van der Waals surface area contributed by atoms with E-state index in [1.165, 1.54) is 7.11 Å². The van der Waals surface area contributed by atoms with Crippen molar-refractivity contribution in [3.05, 3.63) is 59.9 Å². The number of aromatic nitrogens is 3. The Balaban J connectivity index is 1.59. The predicted octanol–water partition coefficient (Wildman–Crippen LogP) is 3.59. The van der Waals surface area contributed by atoms with Crippen LogP contribution >= 0.6 is 11.6 Å². The number of carbonyl (C=O) groups excluding carboxylic acids is 1. The molecule has 1 fully saturated rings. The minimum Gasteiger partial charge on any atom is -0.375 e. The van der Waals surface area contributed by atoms with Crippen LogP contribution in [0.3, 0.4) is 0 Å². The summed E-state index contributed by atoms with van der Waals surface area (Å²) in [6, 6.07) is 13.6. The molecule has 31 heavy (non-hydrogen) atoms. The van der Waals surface area contributed by atoms with E-state index in [0.717, 1.165) is 48.6 Å². The molecule has 1 aromatic carbocycles. The van der Waals surface area contributed by atoms with Gasteiger partial charge in [0, 0.05) is 60.9 Å². The summed E-state index contributed by atoms with van der Waals surface area (Å²) in [5, 5.41) is 3.71. The van der Waals surface area contributed by atoms with Crippen molar-refractivity contribution in [1.82, 2.24) is 20.3 Å². The average molecular weight is 438 g/mol. The Bertz CT molecular complexity index is 1020. The minimum atomic E-state index is -0.0770. The zero-order valence-corrected chi connectivity index (χ0v) is 18.0. The Labute approximate surface area is 186 Å². The number of hydrogen-bond donors (Lipinski definition) is 1. The van der Waals surface area contributed by atoms with Gasteiger partial charge in [0.2, 0.25) is 5.91 Å². The molecule has 3 heterocycles. The molecule has 3 aromatic rings. The van der Waals surface area contributed by atoms with Crippen LogP contribution in [0.15, 0.2) is 54.9 Å². The molecule has 160 valence electrons. The van der Waals surface area contributed by atoms with Crippen molar-refractivity contribution in [3.63, 3.8) is 0 Å². The molecule has 2 aromatic heterocycles. The summed E-state index contributed by atoms with van der Waals surface area (Å²) in [6.45, 7) is 1.67. The summed E-state index contributed by atoms with van der Waals surface area (Å²) in [6.07, 6.45) is 5.19. The SMILES string of the molecule is COCC(=O)NC1CCN(c2cc(-c3ccc(Cl)cc3)nc(-c3cccnc3)n2)CC1. The number of ether oxygens (including phenoxy) is 1. The first-order valence-corrected chi connectivity index (χ1v) is 10.6. The van der Waals surface area contributed by atoms with E-state index in [4.69, 9.17) is 26.3 Å². The fourth-order valence-electron chi connectivity index (χ4n) is 3.64. The van der Waals surface area contributed by atoms with E-state index in [9.17, 15) is 4.79 Å². The summed E-state index contributed by atoms with van der Waals surface area (Å²) in [7, 11) is 1.52. The molecule has 0 saturated carbocycles. The number of rotatable bonds is 6. The van der Waals surface area contributed by atoms with Gasteiger partial charge < -0.3 is 15.0 Å². The molecule has 0 spiro atoms. The maximum absolute atomic E-state index is 11.8. The summed E-state index contributed by atoms with van der Waals surface area (Å²) in [4.78, 5) is 27.9. The lowest BCUT2D eigenvalue weighted by molar-refractivity contribution is -0.125. The van der Waals surface area contributed by atoms with Crippen molar-refractivity contribution in [3.8, 4) is 22.6 Å². The van der Waals surface area contributed by atoms with Crippen molar-refractivity contribution < 1.29 is 9.53 Å². The van der Waals surface area contributed by atoms with Gasteiger partial charge in [-0.1, -0.05) is 23.7 Å². The molecule has 0 bridgehead atoms. The van der Waals surface area contributed by atoms with Gasteiger partial charge in [-0.2, -0.15) is 0 Å². The van der Waals surface area contributed by atoms with Gasteiger partial charge in [0.05, 0.1) is 5.69 Å². The first-order chi connectivity index (χ1) is 15.1. The molecule has 1 aliphatic rings. The summed E-state index contributed by atoms with van der Waals surface area (Å²) >= 11 is 6.06. The largest absolute Gasteiger partial charge is 0.375 e. The van der Waals surface area contributed by atoms with Gasteiger partial charge in [-0.25, -0.2) is 9.97 Å². The number of anilines is 1. The minimum absolute atomic E-state index is 0.0770. The van der Waals surface area contributed by atoms with E-state index in [1.54, 1.807) is 12.4 Å². The molecule has 1 aliphatic heterocycles. The van der Waals surface area contributed by atoms with Crippen LogP contribution in [0.2, 0.25) is 5.02 Å². The normalized spacial score (nSPS) is 14.5. The van der Waals surface area contributed by atoms with E-state index < -0.39 is 0 Å². The van der Waals surface area contributed by atoms with Gasteiger partial charge in [-0.15, -0.1) is 0 Å². The molecule has 1 N–H and O–H groups in total. The second-order valence-electron chi connectivity index (χ2n) is 7.45. The average Bonchev–Trinajstić information content (AvgIpc) is 2.80. The second kappa shape index (κ2) is 9.85. The zero-order valence-electron chi connectivity index (χ0n) is 17.3. The Morgan fingerprint density at radius 1 is 1.16 bits per heavy atom. The number of benzene rings is 1. The number of amides is 1. The monoisotopic (exact) mass is 437 g/mol. The molecular weight excluding hydrogens is 414 g/mol. The molecule has 0 aliphatic carbocycles. The van der Waals surface area contributed by atoms with Crippen molar-refractivity contribution in [2.75, 3.05) is 31.7 Å². The third-order valence-electron chi connectivity index (χ3n) is 5.23. The van der Waals surface area contributed by atoms with Gasteiger partial charge >= 0.3 is 0 Å². The lowest BCUT2D eigenvalue weighted by Crippen LogP contribution is -2.45. The number of hydrogen-bond acceptors (Lipinski definition) is 6. The number of carbonyl (C=O) groups is 1. The first-order valence-electron chi connectivity index (χ1n) is 10.2. The van der Waals surface area contributed by atoms with E-state index in [0.29, 0.717) is 10.8 Å². The molecule has 1 saturated heterocycles. The highest BCUT2D eigenvalue weighted by Crippen LogP contribution is 2.28. The Kier molecular flexibility index (Phi) is 6.74. The van der Waals surface area contributed by atoms with E-state index in [-0.39, 0.29) is 18.6 Å². The summed E-state index contributed by atoms with van der Waals surface area (Å²) in [5.41, 5.74) is 2.66. The number of methoxy groups -OCH3 is 1. The molecule has 0 atom stereocenters. The van der Waals surface area contributed by atoms with Gasteiger partial charge in [0.1, 0.15) is 12.4 Å². The topological polar surface area (TPSA) is 80.2 Å². The molecule has 8 heteroatoms. The maximum atomic E-state index is 11.8. The Morgan fingerprint density at radius 2 is 1.94 bits per heavy atom. The molecule has 7 nitrogen and oxygen atoms in total. The smallest absolute Gasteiger partial charge is 0.246 e. The third kappa shape index (κ3) is 5.37. The van der Waals surface area contributed by atoms with Crippen LogP contribution < -0.4 is 10.2 Å². The van der Waals surface area contributed by atoms with E-state index in [2.05, 4.69) is 15.2 Å². The van der Waals surface area contributed by atoms with Crippen molar-refractivity contribution in [2.24, 2.45) is 0 Å². The maximum Gasteiger partial charge on any atom is 0.246 e. The van der Waals surface area contributed by atoms with Crippen LogP contribution in [-0.2, 0) is 9.53 Å². The van der Waals surface area contributed by atoms with Crippen LogP contribution in [0.4, 0.5) is 5.82 Å². The molecule has 0 unspecified atom stereocenters. The van der Waals surface area contributed by atoms with Crippen LogP contribution in [0.1, 0.15) is 12.8 Å². The Hall–Kier alpha value is -3.03. The Morgan fingerprint density at radius 3 is 2.61 bits per heavy atom. The number of halogens is 1. The zero-order chi connectivity index (χ0) is 21.6. The van der Waals surface area contributed by atoms with Crippen LogP contribution in [-0.4, -0.2) is 53.7 Å². The second-order valence-corrected chi connectivity index (χ2v) is 7.88. The van der Waals surface area contributed by atoms with Crippen LogP contribution in [0, 0.1) is 0 Å².